The summed E-state index contributed by atoms with van der Waals surface area (Å²) in [6, 6.07) is 5.54. The summed E-state index contributed by atoms with van der Waals surface area (Å²) in [6.45, 7) is 3.69. The molecule has 0 N–H and O–H groups in total. The van der Waals surface area contributed by atoms with Gasteiger partial charge in [0.2, 0.25) is 0 Å². The predicted octanol–water partition coefficient (Wildman–Crippen LogP) is 2.44. The van der Waals surface area contributed by atoms with Crippen molar-refractivity contribution in [3.8, 4) is 5.75 Å². The van der Waals surface area contributed by atoms with E-state index in [2.05, 4.69) is 5.16 Å². The molecular weight excluding hydrogens is 304 g/mol. The second-order valence-electron chi connectivity index (χ2n) is 5.33. The average Bonchev–Trinajstić information content (AvgIpc) is 2.85. The minimum absolute atomic E-state index is 0.156. The van der Waals surface area contributed by atoms with Crippen LogP contribution in [0.3, 0.4) is 0 Å². The van der Waals surface area contributed by atoms with Gasteiger partial charge in [0, 0.05) is 12.6 Å². The van der Waals surface area contributed by atoms with Crippen molar-refractivity contribution in [2.75, 3.05) is 18.0 Å². The van der Waals surface area contributed by atoms with Crippen molar-refractivity contribution in [1.82, 2.24) is 5.16 Å². The van der Waals surface area contributed by atoms with Gasteiger partial charge in [0.15, 0.2) is 10.7 Å². The largest absolute Gasteiger partial charge is 0.497 e. The number of anilines is 1. The smallest absolute Gasteiger partial charge is 0.269 e. The van der Waals surface area contributed by atoms with Gasteiger partial charge < -0.3 is 9.26 Å². The molecule has 22 heavy (non-hydrogen) atoms. The van der Waals surface area contributed by atoms with Crippen molar-refractivity contribution in [2.24, 2.45) is 0 Å². The Labute approximate surface area is 129 Å². The second-order valence-corrected chi connectivity index (χ2v) is 7.13. The zero-order valence-corrected chi connectivity index (χ0v) is 13.6. The molecule has 2 aromatic rings. The lowest BCUT2D eigenvalue weighted by atomic mass is 10.0. The highest BCUT2D eigenvalue weighted by atomic mass is 32.2. The maximum atomic E-state index is 13.0. The van der Waals surface area contributed by atoms with Gasteiger partial charge in [0.1, 0.15) is 11.4 Å². The summed E-state index contributed by atoms with van der Waals surface area (Å²) < 4.78 is 37.8. The van der Waals surface area contributed by atoms with Crippen LogP contribution in [0.4, 0.5) is 5.69 Å². The summed E-state index contributed by atoms with van der Waals surface area (Å²) in [5.41, 5.74) is 2.06. The molecule has 0 amide bonds. The average molecular weight is 322 g/mol. The van der Waals surface area contributed by atoms with Gasteiger partial charge in [0.25, 0.3) is 10.0 Å². The third-order valence-corrected chi connectivity index (χ3v) is 5.94. The number of aromatic nitrogens is 1. The van der Waals surface area contributed by atoms with Gasteiger partial charge in [-0.3, -0.25) is 4.31 Å². The second kappa shape index (κ2) is 5.31. The Morgan fingerprint density at radius 3 is 2.73 bits per heavy atom. The zero-order valence-electron chi connectivity index (χ0n) is 12.8. The first kappa shape index (κ1) is 14.9. The molecular formula is C15H18N2O4S. The molecule has 3 rings (SSSR count). The van der Waals surface area contributed by atoms with Gasteiger partial charge in [-0.2, -0.15) is 0 Å². The topological polar surface area (TPSA) is 72.6 Å². The summed E-state index contributed by atoms with van der Waals surface area (Å²) in [5, 5.41) is 3.76. The van der Waals surface area contributed by atoms with E-state index in [4.69, 9.17) is 9.26 Å². The summed E-state index contributed by atoms with van der Waals surface area (Å²) in [6.07, 6.45) is 1.63. The molecule has 0 saturated heterocycles. The highest BCUT2D eigenvalue weighted by Crippen LogP contribution is 2.36. The Hall–Kier alpha value is -2.02. The first-order valence-corrected chi connectivity index (χ1v) is 8.51. The summed E-state index contributed by atoms with van der Waals surface area (Å²) >= 11 is 0. The van der Waals surface area contributed by atoms with Crippen LogP contribution in [0, 0.1) is 13.8 Å². The zero-order chi connectivity index (χ0) is 15.9. The van der Waals surface area contributed by atoms with E-state index in [9.17, 15) is 8.42 Å². The van der Waals surface area contributed by atoms with Crippen LogP contribution in [0.5, 0.6) is 5.75 Å². The van der Waals surface area contributed by atoms with Crippen molar-refractivity contribution in [3.63, 3.8) is 0 Å². The number of hydrogen-bond donors (Lipinski definition) is 0. The highest BCUT2D eigenvalue weighted by molar-refractivity contribution is 7.93. The van der Waals surface area contributed by atoms with Crippen LogP contribution in [0.1, 0.15) is 23.4 Å². The fourth-order valence-corrected chi connectivity index (χ4v) is 4.68. The van der Waals surface area contributed by atoms with Crippen LogP contribution in [0.2, 0.25) is 0 Å². The normalized spacial score (nSPS) is 14.8. The number of hydrogen-bond acceptors (Lipinski definition) is 5. The number of nitrogens with zero attached hydrogens (tertiary/aromatic N) is 2. The number of fused-ring (bicyclic) bond motifs is 1. The number of methoxy groups -OCH3 is 1. The van der Waals surface area contributed by atoms with E-state index in [1.807, 2.05) is 12.1 Å². The minimum atomic E-state index is -3.70. The molecule has 6 nitrogen and oxygen atoms in total. The summed E-state index contributed by atoms with van der Waals surface area (Å²) in [5.74, 6) is 0.951. The molecule has 0 saturated carbocycles. The number of aryl methyl sites for hydroxylation is 3. The molecule has 0 spiro atoms. The van der Waals surface area contributed by atoms with Gasteiger partial charge >= 0.3 is 0 Å². The fraction of sp³-hybridized carbons (Fsp3) is 0.400. The molecule has 2 heterocycles. The third kappa shape index (κ3) is 2.25. The summed E-state index contributed by atoms with van der Waals surface area (Å²) in [7, 11) is -2.13. The molecule has 118 valence electrons. The van der Waals surface area contributed by atoms with Crippen molar-refractivity contribution < 1.29 is 17.7 Å². The third-order valence-electron chi connectivity index (χ3n) is 3.88. The molecule has 0 bridgehead atoms. The predicted molar refractivity (Wildman–Crippen MR) is 81.8 cm³/mol. The molecule has 0 radical (unpaired) electrons. The highest BCUT2D eigenvalue weighted by Gasteiger charge is 2.34. The molecule has 1 aromatic carbocycles. The van der Waals surface area contributed by atoms with Crippen molar-refractivity contribution >= 4 is 15.7 Å². The van der Waals surface area contributed by atoms with Crippen LogP contribution in [-0.4, -0.2) is 27.2 Å². The van der Waals surface area contributed by atoms with Crippen LogP contribution in [0.15, 0.2) is 27.6 Å². The molecule has 0 atom stereocenters. The SMILES string of the molecule is COc1ccc2c(c1)N(S(=O)(=O)c1c(C)noc1C)CCC2. The Bertz CT molecular complexity index is 791. The Kier molecular flexibility index (Phi) is 3.60. The molecule has 0 unspecified atom stereocenters. The number of rotatable bonds is 3. The maximum absolute atomic E-state index is 13.0. The van der Waals surface area contributed by atoms with Crippen LogP contribution in [0.25, 0.3) is 0 Å². The van der Waals surface area contributed by atoms with Crippen molar-refractivity contribution in [1.29, 1.82) is 0 Å². The molecule has 1 aromatic heterocycles. The van der Waals surface area contributed by atoms with E-state index in [-0.39, 0.29) is 4.90 Å². The van der Waals surface area contributed by atoms with Crippen LogP contribution in [-0.2, 0) is 16.4 Å². The number of ether oxygens (including phenoxy) is 1. The Morgan fingerprint density at radius 2 is 2.09 bits per heavy atom. The van der Waals surface area contributed by atoms with Crippen molar-refractivity contribution in [3.05, 3.63) is 35.2 Å². The van der Waals surface area contributed by atoms with E-state index in [1.54, 1.807) is 27.0 Å². The minimum Gasteiger partial charge on any atom is -0.497 e. The lowest BCUT2D eigenvalue weighted by molar-refractivity contribution is 0.390. The monoisotopic (exact) mass is 322 g/mol. The van der Waals surface area contributed by atoms with Gasteiger partial charge in [-0.25, -0.2) is 8.42 Å². The lowest BCUT2D eigenvalue weighted by Gasteiger charge is -2.30. The van der Waals surface area contributed by atoms with Gasteiger partial charge in [-0.1, -0.05) is 11.2 Å². The van der Waals surface area contributed by atoms with E-state index < -0.39 is 10.0 Å². The van der Waals surface area contributed by atoms with E-state index >= 15 is 0 Å². The lowest BCUT2D eigenvalue weighted by Crippen LogP contribution is -2.36. The van der Waals surface area contributed by atoms with E-state index in [1.165, 1.54) is 4.31 Å². The molecule has 7 heteroatoms. The van der Waals surface area contributed by atoms with Gasteiger partial charge in [-0.05, 0) is 38.3 Å². The standard InChI is InChI=1S/C15H18N2O4S/c1-10-15(11(2)21-16-10)22(18,19)17-8-4-5-12-6-7-13(20-3)9-14(12)17/h6-7,9H,4-5,8H2,1-3H3. The molecule has 0 aliphatic carbocycles. The summed E-state index contributed by atoms with van der Waals surface area (Å²) in [4.78, 5) is 0.156. The Balaban J connectivity index is 2.15. The maximum Gasteiger partial charge on any atom is 0.269 e. The first-order valence-electron chi connectivity index (χ1n) is 7.07. The quantitative estimate of drug-likeness (QED) is 0.868. The van der Waals surface area contributed by atoms with Crippen LogP contribution >= 0.6 is 0 Å². The van der Waals surface area contributed by atoms with Crippen LogP contribution < -0.4 is 9.04 Å². The first-order chi connectivity index (χ1) is 10.4. The number of sulfonamides is 1. The molecule has 1 aliphatic heterocycles. The Morgan fingerprint density at radius 1 is 1.32 bits per heavy atom. The molecule has 1 aliphatic rings. The van der Waals surface area contributed by atoms with Gasteiger partial charge in [-0.15, -0.1) is 0 Å². The van der Waals surface area contributed by atoms with E-state index in [0.717, 1.165) is 18.4 Å². The number of benzene rings is 1. The van der Waals surface area contributed by atoms with E-state index in [0.29, 0.717) is 29.4 Å². The van der Waals surface area contributed by atoms with Crippen molar-refractivity contribution in [2.45, 2.75) is 31.6 Å². The molecule has 0 fully saturated rings. The van der Waals surface area contributed by atoms with Gasteiger partial charge in [0.05, 0.1) is 12.8 Å². The fourth-order valence-electron chi connectivity index (χ4n) is 2.85.